The number of hydrogen-bond acceptors (Lipinski definition) is 6. The van der Waals surface area contributed by atoms with Crippen LogP contribution in [0.15, 0.2) is 0 Å². The summed E-state index contributed by atoms with van der Waals surface area (Å²) in [6.45, 7) is 6.62. The van der Waals surface area contributed by atoms with Crippen molar-refractivity contribution >= 4 is 17.9 Å². The van der Waals surface area contributed by atoms with E-state index in [1.807, 2.05) is 0 Å². The van der Waals surface area contributed by atoms with Crippen molar-refractivity contribution in [2.75, 3.05) is 13.2 Å². The second-order valence-electron chi connectivity index (χ2n) is 15.3. The van der Waals surface area contributed by atoms with Crippen molar-refractivity contribution in [2.45, 2.75) is 258 Å². The molecule has 302 valence electrons. The van der Waals surface area contributed by atoms with Gasteiger partial charge in [-0.3, -0.25) is 14.4 Å². The Kier molecular flexibility index (Phi) is 39.9. The second kappa shape index (κ2) is 41.2. The Morgan fingerprint density at radius 3 is 0.784 bits per heavy atom. The fraction of sp³-hybridized carbons (Fsp3) is 0.933. The lowest BCUT2D eigenvalue weighted by Gasteiger charge is -2.18. The molecule has 0 aromatic carbocycles. The maximum atomic E-state index is 12.6. The minimum absolute atomic E-state index is 0.0630. The molecule has 0 spiro atoms. The number of esters is 3. The Bertz CT molecular complexity index is 753. The summed E-state index contributed by atoms with van der Waals surface area (Å²) in [7, 11) is 0. The van der Waals surface area contributed by atoms with E-state index < -0.39 is 6.10 Å². The molecule has 0 bridgehead atoms. The summed E-state index contributed by atoms with van der Waals surface area (Å²) in [5.74, 6) is -0.855. The van der Waals surface area contributed by atoms with Gasteiger partial charge < -0.3 is 14.2 Å². The minimum atomic E-state index is -0.757. The zero-order valence-corrected chi connectivity index (χ0v) is 34.4. The smallest absolute Gasteiger partial charge is 0.306 e. The average molecular weight is 723 g/mol. The maximum Gasteiger partial charge on any atom is 0.306 e. The van der Waals surface area contributed by atoms with Gasteiger partial charge in [0.25, 0.3) is 0 Å². The normalized spacial score (nSPS) is 11.8. The molecular weight excluding hydrogens is 636 g/mol. The minimum Gasteiger partial charge on any atom is -0.462 e. The number of unbranched alkanes of at least 4 members (excludes halogenated alkanes) is 30. The fourth-order valence-electron chi connectivity index (χ4n) is 6.68. The quantitative estimate of drug-likeness (QED) is 0.0355. The lowest BCUT2D eigenvalue weighted by atomic mass is 10.0. The van der Waals surface area contributed by atoms with Crippen molar-refractivity contribution in [1.29, 1.82) is 0 Å². The van der Waals surface area contributed by atoms with Crippen LogP contribution < -0.4 is 0 Å². The van der Waals surface area contributed by atoms with Crippen LogP contribution in [-0.2, 0) is 28.6 Å². The fourth-order valence-corrected chi connectivity index (χ4v) is 6.68. The Labute approximate surface area is 317 Å². The van der Waals surface area contributed by atoms with Crippen molar-refractivity contribution < 1.29 is 28.6 Å². The van der Waals surface area contributed by atoms with E-state index in [4.69, 9.17) is 14.2 Å². The van der Waals surface area contributed by atoms with Gasteiger partial charge in [0.15, 0.2) is 6.10 Å². The zero-order valence-electron chi connectivity index (χ0n) is 34.4. The summed E-state index contributed by atoms with van der Waals surface area (Å²) in [5.41, 5.74) is 0. The molecule has 0 saturated carbocycles. The summed E-state index contributed by atoms with van der Waals surface area (Å²) >= 11 is 0. The zero-order chi connectivity index (χ0) is 37.3. The van der Waals surface area contributed by atoms with E-state index in [0.29, 0.717) is 19.3 Å². The third kappa shape index (κ3) is 39.5. The Morgan fingerprint density at radius 2 is 0.529 bits per heavy atom. The molecule has 0 aliphatic heterocycles. The molecule has 0 aliphatic carbocycles. The summed E-state index contributed by atoms with van der Waals surface area (Å²) < 4.78 is 16.7. The molecule has 0 saturated heterocycles. The molecule has 51 heavy (non-hydrogen) atoms. The molecule has 6 nitrogen and oxygen atoms in total. The van der Waals surface area contributed by atoms with Crippen LogP contribution in [0.25, 0.3) is 0 Å². The summed E-state index contributed by atoms with van der Waals surface area (Å²) in [6, 6.07) is 0. The van der Waals surface area contributed by atoms with E-state index in [2.05, 4.69) is 20.8 Å². The number of hydrogen-bond donors (Lipinski definition) is 0. The average Bonchev–Trinajstić information content (AvgIpc) is 3.12. The first kappa shape index (κ1) is 49.4. The Morgan fingerprint density at radius 1 is 0.314 bits per heavy atom. The molecule has 1 atom stereocenters. The predicted molar refractivity (Wildman–Crippen MR) is 215 cm³/mol. The van der Waals surface area contributed by atoms with Crippen molar-refractivity contribution in [3.8, 4) is 0 Å². The van der Waals surface area contributed by atoms with Crippen LogP contribution in [0.2, 0.25) is 0 Å². The molecule has 0 N–H and O–H groups in total. The highest BCUT2D eigenvalue weighted by molar-refractivity contribution is 5.71. The Hall–Kier alpha value is -1.59. The van der Waals surface area contributed by atoms with Crippen LogP contribution in [0.5, 0.6) is 0 Å². The first-order chi connectivity index (χ1) is 25.0. The second-order valence-corrected chi connectivity index (χ2v) is 15.3. The van der Waals surface area contributed by atoms with E-state index in [1.54, 1.807) is 0 Å². The van der Waals surface area contributed by atoms with Gasteiger partial charge >= 0.3 is 17.9 Å². The van der Waals surface area contributed by atoms with Gasteiger partial charge in [0.2, 0.25) is 0 Å². The van der Waals surface area contributed by atoms with Gasteiger partial charge in [-0.05, 0) is 19.3 Å². The number of ether oxygens (including phenoxy) is 3. The summed E-state index contributed by atoms with van der Waals surface area (Å²) in [5, 5.41) is 0. The lowest BCUT2D eigenvalue weighted by molar-refractivity contribution is -0.167. The van der Waals surface area contributed by atoms with Gasteiger partial charge in [-0.2, -0.15) is 0 Å². The van der Waals surface area contributed by atoms with Gasteiger partial charge in [-0.1, -0.05) is 213 Å². The van der Waals surface area contributed by atoms with Gasteiger partial charge in [-0.25, -0.2) is 0 Å². The molecule has 0 aromatic rings. The third-order valence-corrected chi connectivity index (χ3v) is 10.1. The van der Waals surface area contributed by atoms with Crippen molar-refractivity contribution in [3.05, 3.63) is 0 Å². The molecule has 0 rings (SSSR count). The topological polar surface area (TPSA) is 78.9 Å². The Balaban J connectivity index is 4.29. The monoisotopic (exact) mass is 723 g/mol. The SMILES string of the molecule is CCCCCCCCCCCCCCCC(=O)OCC(COC(=O)CCCCCCCCCCCCC)OC(=O)CCCCCCCCCCC. The van der Waals surface area contributed by atoms with Crippen LogP contribution in [0.1, 0.15) is 252 Å². The van der Waals surface area contributed by atoms with Crippen molar-refractivity contribution in [3.63, 3.8) is 0 Å². The van der Waals surface area contributed by atoms with Crippen molar-refractivity contribution in [2.24, 2.45) is 0 Å². The highest BCUT2D eigenvalue weighted by atomic mass is 16.6. The molecule has 0 radical (unpaired) electrons. The lowest BCUT2D eigenvalue weighted by Crippen LogP contribution is -2.30. The molecule has 0 fully saturated rings. The van der Waals surface area contributed by atoms with Gasteiger partial charge in [0.1, 0.15) is 13.2 Å². The maximum absolute atomic E-state index is 12.6. The first-order valence-electron chi connectivity index (χ1n) is 22.5. The van der Waals surface area contributed by atoms with Crippen LogP contribution >= 0.6 is 0 Å². The predicted octanol–water partition coefficient (Wildman–Crippen LogP) is 14.1. The van der Waals surface area contributed by atoms with Crippen molar-refractivity contribution in [1.82, 2.24) is 0 Å². The van der Waals surface area contributed by atoms with E-state index in [1.165, 1.54) is 154 Å². The molecule has 0 aromatic heterocycles. The molecular formula is C45H86O6. The summed E-state index contributed by atoms with van der Waals surface area (Å²) in [4.78, 5) is 37.6. The number of carbonyl (C=O) groups is 3. The van der Waals surface area contributed by atoms with E-state index in [9.17, 15) is 14.4 Å². The van der Waals surface area contributed by atoms with Gasteiger partial charge in [0.05, 0.1) is 0 Å². The van der Waals surface area contributed by atoms with Crippen LogP contribution in [0, 0.1) is 0 Å². The highest BCUT2D eigenvalue weighted by Crippen LogP contribution is 2.15. The molecule has 1 unspecified atom stereocenters. The standard InChI is InChI=1S/C45H86O6/c1-4-7-10-13-16-19-21-22-24-27-29-32-35-38-44(47)50-41-42(51-45(48)39-36-33-30-25-18-15-12-9-6-3)40-49-43(46)37-34-31-28-26-23-20-17-14-11-8-5-2/h42H,4-41H2,1-3H3. The molecule has 0 aliphatic rings. The van der Waals surface area contributed by atoms with Crippen LogP contribution in [0.4, 0.5) is 0 Å². The first-order valence-corrected chi connectivity index (χ1v) is 22.5. The summed E-state index contributed by atoms with van der Waals surface area (Å²) in [6.07, 6.45) is 40.8. The van der Waals surface area contributed by atoms with Crippen LogP contribution in [-0.4, -0.2) is 37.2 Å². The number of carbonyl (C=O) groups excluding carboxylic acids is 3. The third-order valence-electron chi connectivity index (χ3n) is 10.1. The van der Waals surface area contributed by atoms with Crippen LogP contribution in [0.3, 0.4) is 0 Å². The largest absolute Gasteiger partial charge is 0.462 e. The van der Waals surface area contributed by atoms with E-state index in [-0.39, 0.29) is 31.1 Å². The highest BCUT2D eigenvalue weighted by Gasteiger charge is 2.19. The number of rotatable bonds is 41. The molecule has 6 heteroatoms. The van der Waals surface area contributed by atoms with E-state index >= 15 is 0 Å². The van der Waals surface area contributed by atoms with E-state index in [0.717, 1.165) is 57.8 Å². The van der Waals surface area contributed by atoms with Gasteiger partial charge in [-0.15, -0.1) is 0 Å². The van der Waals surface area contributed by atoms with Gasteiger partial charge in [0, 0.05) is 19.3 Å². The molecule has 0 amide bonds. The molecule has 0 heterocycles.